The van der Waals surface area contributed by atoms with Crippen LogP contribution in [0.4, 0.5) is 14.6 Å². The first-order chi connectivity index (χ1) is 14.5. The van der Waals surface area contributed by atoms with Crippen LogP contribution in [0.3, 0.4) is 0 Å². The van der Waals surface area contributed by atoms with Gasteiger partial charge in [0.15, 0.2) is 12.1 Å². The average molecular weight is 410 g/mol. The molecule has 1 aliphatic heterocycles. The maximum Gasteiger partial charge on any atom is 0.247 e. The number of H-pyrrole nitrogens is 1. The number of aldehydes is 1. The quantitative estimate of drug-likeness (QED) is 0.640. The summed E-state index contributed by atoms with van der Waals surface area (Å²) in [6, 6.07) is 6.02. The van der Waals surface area contributed by atoms with Gasteiger partial charge in [-0.25, -0.2) is 18.7 Å². The lowest BCUT2D eigenvalue weighted by atomic mass is 10.0. The molecule has 1 atom stereocenters. The number of carbonyl (C=O) groups is 1. The Morgan fingerprint density at radius 1 is 1.20 bits per heavy atom. The van der Waals surface area contributed by atoms with Crippen molar-refractivity contribution in [1.29, 1.82) is 0 Å². The molecule has 1 aromatic carbocycles. The molecule has 30 heavy (non-hydrogen) atoms. The topological polar surface area (TPSA) is 111 Å². The van der Waals surface area contributed by atoms with Crippen LogP contribution in [0.15, 0.2) is 47.4 Å². The first-order valence-corrected chi connectivity index (χ1v) is 9.05. The Labute approximate surface area is 169 Å². The summed E-state index contributed by atoms with van der Waals surface area (Å²) in [6.45, 7) is 0.356. The van der Waals surface area contributed by atoms with E-state index in [2.05, 4.69) is 15.0 Å². The first-order valence-electron chi connectivity index (χ1n) is 9.05. The minimum absolute atomic E-state index is 0.0158. The second kappa shape index (κ2) is 7.96. The third-order valence-corrected chi connectivity index (χ3v) is 4.72. The number of benzene rings is 1. The molecule has 2 aromatic heterocycles. The number of hydrogen-bond acceptors (Lipinski definition) is 6. The number of aromatic nitrogens is 3. The zero-order chi connectivity index (χ0) is 21.3. The number of ether oxygens (including phenoxy) is 1. The van der Waals surface area contributed by atoms with Crippen LogP contribution in [-0.2, 0) is 4.74 Å². The summed E-state index contributed by atoms with van der Waals surface area (Å²) < 4.78 is 33.4. The maximum atomic E-state index is 14.4. The highest BCUT2D eigenvalue weighted by atomic mass is 19.1. The van der Waals surface area contributed by atoms with Gasteiger partial charge in [-0.2, -0.15) is 0 Å². The highest BCUT2D eigenvalue weighted by Gasteiger charge is 2.22. The van der Waals surface area contributed by atoms with Gasteiger partial charge in [0.1, 0.15) is 23.6 Å². The fourth-order valence-electron chi connectivity index (χ4n) is 3.22. The van der Waals surface area contributed by atoms with Gasteiger partial charge in [-0.3, -0.25) is 9.59 Å². The van der Waals surface area contributed by atoms with Crippen molar-refractivity contribution in [2.45, 2.75) is 12.5 Å². The number of nitrogens with two attached hydrogens (primary N) is 1. The van der Waals surface area contributed by atoms with E-state index >= 15 is 0 Å². The summed E-state index contributed by atoms with van der Waals surface area (Å²) in [5.74, 6) is -1.51. The predicted octanol–water partition coefficient (Wildman–Crippen LogP) is 3.05. The van der Waals surface area contributed by atoms with Crippen LogP contribution in [0, 0.1) is 11.6 Å². The van der Waals surface area contributed by atoms with Gasteiger partial charge >= 0.3 is 0 Å². The predicted molar refractivity (Wildman–Crippen MR) is 106 cm³/mol. The van der Waals surface area contributed by atoms with Crippen molar-refractivity contribution < 1.29 is 18.3 Å². The zero-order valence-corrected chi connectivity index (χ0v) is 15.6. The first kappa shape index (κ1) is 19.6. The molecule has 3 heterocycles. The Kier molecular flexibility index (Phi) is 5.20. The number of anilines is 1. The molecule has 0 amide bonds. The summed E-state index contributed by atoms with van der Waals surface area (Å²) in [6.07, 6.45) is 3.78. The molecule has 3 N–H and O–H groups in total. The van der Waals surface area contributed by atoms with Crippen molar-refractivity contribution in [2.75, 3.05) is 12.3 Å². The van der Waals surface area contributed by atoms with E-state index < -0.39 is 17.7 Å². The molecule has 0 saturated heterocycles. The molecule has 1 unspecified atom stereocenters. The molecule has 0 radical (unpaired) electrons. The van der Waals surface area contributed by atoms with Crippen LogP contribution < -0.4 is 11.3 Å². The lowest BCUT2D eigenvalue weighted by molar-refractivity contribution is 0.0823. The smallest absolute Gasteiger partial charge is 0.247 e. The molecule has 4 rings (SSSR count). The summed E-state index contributed by atoms with van der Waals surface area (Å²) in [7, 11) is 0. The zero-order valence-electron chi connectivity index (χ0n) is 15.6. The van der Waals surface area contributed by atoms with E-state index in [-0.39, 0.29) is 34.0 Å². The maximum absolute atomic E-state index is 14.4. The van der Waals surface area contributed by atoms with Crippen LogP contribution in [-0.4, -0.2) is 27.8 Å². The van der Waals surface area contributed by atoms with E-state index in [1.165, 1.54) is 12.1 Å². The van der Waals surface area contributed by atoms with Gasteiger partial charge in [0.2, 0.25) is 5.56 Å². The van der Waals surface area contributed by atoms with E-state index in [1.54, 1.807) is 18.3 Å². The molecule has 9 heteroatoms. The third kappa shape index (κ3) is 3.74. The fraction of sp³-hybridized carbons (Fsp3) is 0.143. The van der Waals surface area contributed by atoms with Gasteiger partial charge in [-0.15, -0.1) is 0 Å². The Bertz CT molecular complexity index is 1200. The van der Waals surface area contributed by atoms with Crippen molar-refractivity contribution in [3.8, 4) is 11.3 Å². The summed E-state index contributed by atoms with van der Waals surface area (Å²) in [5.41, 5.74) is 6.98. The number of nitrogens with zero attached hydrogens (tertiary/aromatic N) is 2. The molecular formula is C21H16F2N4O3. The van der Waals surface area contributed by atoms with E-state index in [9.17, 15) is 18.4 Å². The van der Waals surface area contributed by atoms with Crippen LogP contribution >= 0.6 is 0 Å². The highest BCUT2D eigenvalue weighted by molar-refractivity contribution is 5.91. The number of hydrogen-bond donors (Lipinski definition) is 2. The summed E-state index contributed by atoms with van der Waals surface area (Å²) >= 11 is 0. The molecule has 0 aliphatic carbocycles. The SMILES string of the molecule is Nc1nc(C2=CC(c3ccc(=O)[nH]c3)OCC2)nc(-c2ccc(F)cc2F)c1C=O. The number of pyridine rings is 1. The van der Waals surface area contributed by atoms with Crippen LogP contribution in [0.1, 0.15) is 34.3 Å². The van der Waals surface area contributed by atoms with Crippen molar-refractivity contribution >= 4 is 17.7 Å². The average Bonchev–Trinajstić information content (AvgIpc) is 2.74. The van der Waals surface area contributed by atoms with Gasteiger partial charge in [0.25, 0.3) is 0 Å². The number of carbonyl (C=O) groups excluding carboxylic acids is 1. The van der Waals surface area contributed by atoms with Crippen LogP contribution in [0.5, 0.6) is 0 Å². The highest BCUT2D eigenvalue weighted by Crippen LogP contribution is 2.33. The normalized spacial score (nSPS) is 16.2. The number of rotatable bonds is 4. The molecule has 3 aromatic rings. The Balaban J connectivity index is 1.81. The van der Waals surface area contributed by atoms with E-state index in [1.807, 2.05) is 0 Å². The second-order valence-electron chi connectivity index (χ2n) is 6.66. The lowest BCUT2D eigenvalue weighted by Gasteiger charge is -2.22. The molecule has 0 saturated carbocycles. The van der Waals surface area contributed by atoms with Gasteiger partial charge in [-0.1, -0.05) is 0 Å². The Morgan fingerprint density at radius 3 is 2.73 bits per heavy atom. The molecule has 0 fully saturated rings. The Hall–Kier alpha value is -3.72. The molecule has 152 valence electrons. The van der Waals surface area contributed by atoms with Gasteiger partial charge < -0.3 is 15.5 Å². The van der Waals surface area contributed by atoms with E-state index in [0.29, 0.717) is 31.0 Å². The van der Waals surface area contributed by atoms with E-state index in [4.69, 9.17) is 10.5 Å². The second-order valence-corrected chi connectivity index (χ2v) is 6.66. The van der Waals surface area contributed by atoms with E-state index in [0.717, 1.165) is 11.6 Å². The van der Waals surface area contributed by atoms with Crippen molar-refractivity contribution in [3.05, 3.63) is 81.5 Å². The minimum atomic E-state index is -0.866. The largest absolute Gasteiger partial charge is 0.383 e. The van der Waals surface area contributed by atoms with Crippen molar-refractivity contribution in [3.63, 3.8) is 0 Å². The number of nitrogen functional groups attached to an aromatic ring is 1. The minimum Gasteiger partial charge on any atom is -0.383 e. The molecule has 1 aliphatic rings. The monoisotopic (exact) mass is 410 g/mol. The van der Waals surface area contributed by atoms with Crippen molar-refractivity contribution in [2.24, 2.45) is 0 Å². The molecular weight excluding hydrogens is 394 g/mol. The summed E-state index contributed by atoms with van der Waals surface area (Å²) in [4.78, 5) is 34.0. The summed E-state index contributed by atoms with van der Waals surface area (Å²) in [5, 5.41) is 0. The van der Waals surface area contributed by atoms with Crippen LogP contribution in [0.25, 0.3) is 16.8 Å². The third-order valence-electron chi connectivity index (χ3n) is 4.72. The standard InChI is InChI=1S/C21H16F2N4O3/c22-13-2-3-14(16(23)8-13)19-15(10-28)20(24)27-21(26-19)11-5-6-30-17(7-11)12-1-4-18(29)25-9-12/h1-4,7-10,17H,5-6H2,(H,25,29)(H2,24,26,27). The number of aromatic amines is 1. The fourth-order valence-corrected chi connectivity index (χ4v) is 3.22. The number of halogens is 2. The number of nitrogens with one attached hydrogen (secondary N) is 1. The Morgan fingerprint density at radius 2 is 2.03 bits per heavy atom. The van der Waals surface area contributed by atoms with Crippen molar-refractivity contribution in [1.82, 2.24) is 15.0 Å². The van der Waals surface area contributed by atoms with Gasteiger partial charge in [0.05, 0.1) is 17.9 Å². The molecule has 0 spiro atoms. The van der Waals surface area contributed by atoms with Gasteiger partial charge in [0, 0.05) is 29.5 Å². The lowest BCUT2D eigenvalue weighted by Crippen LogP contribution is -2.14. The van der Waals surface area contributed by atoms with Gasteiger partial charge in [-0.05, 0) is 36.3 Å². The molecule has 7 nitrogen and oxygen atoms in total. The van der Waals surface area contributed by atoms with Crippen LogP contribution in [0.2, 0.25) is 0 Å². The molecule has 0 bridgehead atoms.